The number of fused-ring (bicyclic) bond motifs is 1. The molecular formula is C16H21NO2. The third-order valence-electron chi connectivity index (χ3n) is 3.78. The zero-order valence-corrected chi connectivity index (χ0v) is 11.8. The van der Waals surface area contributed by atoms with Gasteiger partial charge in [-0.2, -0.15) is 0 Å². The van der Waals surface area contributed by atoms with Crippen LogP contribution in [-0.4, -0.2) is 30.1 Å². The van der Waals surface area contributed by atoms with E-state index in [1.807, 2.05) is 18.2 Å². The van der Waals surface area contributed by atoms with Crippen LogP contribution < -0.4 is 0 Å². The summed E-state index contributed by atoms with van der Waals surface area (Å²) in [5, 5.41) is 1.15. The minimum atomic E-state index is 0.0420. The molecule has 1 fully saturated rings. The summed E-state index contributed by atoms with van der Waals surface area (Å²) in [6.45, 7) is 9.37. The number of hydrogen-bond donors (Lipinski definition) is 0. The lowest BCUT2D eigenvalue weighted by Crippen LogP contribution is -2.48. The maximum atomic E-state index is 5.92. The lowest BCUT2D eigenvalue weighted by Gasteiger charge is -2.40. The molecule has 0 N–H and O–H groups in total. The summed E-state index contributed by atoms with van der Waals surface area (Å²) in [6, 6.07) is 10.2. The van der Waals surface area contributed by atoms with Gasteiger partial charge in [-0.1, -0.05) is 18.2 Å². The molecule has 1 atom stereocenters. The second-order valence-corrected chi connectivity index (χ2v) is 6.16. The fourth-order valence-corrected chi connectivity index (χ4v) is 2.59. The highest BCUT2D eigenvalue weighted by Crippen LogP contribution is 2.30. The summed E-state index contributed by atoms with van der Waals surface area (Å²) < 4.78 is 11.8. The van der Waals surface area contributed by atoms with Crippen LogP contribution in [0.4, 0.5) is 0 Å². The molecule has 1 aromatic heterocycles. The van der Waals surface area contributed by atoms with Crippen molar-refractivity contribution in [3.8, 4) is 0 Å². The highest BCUT2D eigenvalue weighted by Gasteiger charge is 2.30. The van der Waals surface area contributed by atoms with E-state index in [0.717, 1.165) is 36.4 Å². The zero-order chi connectivity index (χ0) is 13.5. The molecule has 0 amide bonds. The monoisotopic (exact) mass is 259 g/mol. The largest absolute Gasteiger partial charge is 0.458 e. The van der Waals surface area contributed by atoms with Gasteiger partial charge in [0.05, 0.1) is 6.61 Å². The molecule has 1 aliphatic heterocycles. The molecular weight excluding hydrogens is 238 g/mol. The molecule has 3 rings (SSSR count). The molecule has 1 unspecified atom stereocenters. The first-order chi connectivity index (χ1) is 9.04. The van der Waals surface area contributed by atoms with Crippen LogP contribution in [0, 0.1) is 0 Å². The van der Waals surface area contributed by atoms with Gasteiger partial charge in [0.2, 0.25) is 0 Å². The molecule has 1 saturated heterocycles. The van der Waals surface area contributed by atoms with Crippen molar-refractivity contribution in [2.24, 2.45) is 0 Å². The number of nitrogens with zero attached hydrogens (tertiary/aromatic N) is 1. The molecule has 1 aliphatic rings. The Bertz CT molecular complexity index is 534. The van der Waals surface area contributed by atoms with E-state index in [4.69, 9.17) is 9.15 Å². The van der Waals surface area contributed by atoms with Crippen LogP contribution in [0.2, 0.25) is 0 Å². The van der Waals surface area contributed by atoms with Crippen molar-refractivity contribution >= 4 is 11.0 Å². The Morgan fingerprint density at radius 2 is 2.00 bits per heavy atom. The highest BCUT2D eigenvalue weighted by molar-refractivity contribution is 5.77. The average molecular weight is 259 g/mol. The SMILES string of the molecule is CC(C)(C)N1CCOC(c2cc3ccccc3o2)C1. The summed E-state index contributed by atoms with van der Waals surface area (Å²) in [7, 11) is 0. The second kappa shape index (κ2) is 4.66. The summed E-state index contributed by atoms with van der Waals surface area (Å²) in [5.41, 5.74) is 1.11. The van der Waals surface area contributed by atoms with Crippen LogP contribution in [0.15, 0.2) is 34.7 Å². The molecule has 0 bridgehead atoms. The molecule has 2 aromatic rings. The molecule has 3 heteroatoms. The summed E-state index contributed by atoms with van der Waals surface area (Å²) in [5.74, 6) is 0.940. The first-order valence-electron chi connectivity index (χ1n) is 6.89. The van der Waals surface area contributed by atoms with Crippen LogP contribution >= 0.6 is 0 Å². The fraction of sp³-hybridized carbons (Fsp3) is 0.500. The predicted octanol–water partition coefficient (Wildman–Crippen LogP) is 3.60. The van der Waals surface area contributed by atoms with Crippen LogP contribution in [0.1, 0.15) is 32.6 Å². The van der Waals surface area contributed by atoms with Crippen molar-refractivity contribution in [1.29, 1.82) is 0 Å². The van der Waals surface area contributed by atoms with Gasteiger partial charge in [-0.25, -0.2) is 0 Å². The van der Waals surface area contributed by atoms with E-state index in [9.17, 15) is 0 Å². The summed E-state index contributed by atoms with van der Waals surface area (Å²) in [4.78, 5) is 2.45. The van der Waals surface area contributed by atoms with E-state index in [0.29, 0.717) is 0 Å². The molecule has 0 aliphatic carbocycles. The average Bonchev–Trinajstić information content (AvgIpc) is 2.81. The van der Waals surface area contributed by atoms with Gasteiger partial charge in [0.1, 0.15) is 17.4 Å². The number of hydrogen-bond acceptors (Lipinski definition) is 3. The summed E-state index contributed by atoms with van der Waals surface area (Å²) >= 11 is 0. The fourth-order valence-electron chi connectivity index (χ4n) is 2.59. The maximum absolute atomic E-state index is 5.92. The van der Waals surface area contributed by atoms with Crippen LogP contribution in [0.3, 0.4) is 0 Å². The van der Waals surface area contributed by atoms with Crippen LogP contribution in [0.5, 0.6) is 0 Å². The van der Waals surface area contributed by atoms with Crippen molar-refractivity contribution in [2.75, 3.05) is 19.7 Å². The Morgan fingerprint density at radius 1 is 1.21 bits per heavy atom. The Hall–Kier alpha value is -1.32. The number of furan rings is 1. The molecule has 0 saturated carbocycles. The molecule has 0 radical (unpaired) electrons. The standard InChI is InChI=1S/C16H21NO2/c1-16(2,3)17-8-9-18-15(11-17)14-10-12-6-4-5-7-13(12)19-14/h4-7,10,15H,8-9,11H2,1-3H3. The maximum Gasteiger partial charge on any atom is 0.135 e. The number of benzene rings is 1. The van der Waals surface area contributed by atoms with Gasteiger partial charge in [-0.05, 0) is 32.9 Å². The highest BCUT2D eigenvalue weighted by atomic mass is 16.5. The Kier molecular flexibility index (Phi) is 3.11. The van der Waals surface area contributed by atoms with Crippen molar-refractivity contribution < 1.29 is 9.15 Å². The second-order valence-electron chi connectivity index (χ2n) is 6.16. The smallest absolute Gasteiger partial charge is 0.135 e. The Balaban J connectivity index is 1.85. The van der Waals surface area contributed by atoms with Crippen molar-refractivity contribution in [1.82, 2.24) is 4.90 Å². The van der Waals surface area contributed by atoms with Gasteiger partial charge < -0.3 is 9.15 Å². The molecule has 2 heterocycles. The minimum absolute atomic E-state index is 0.0420. The van der Waals surface area contributed by atoms with E-state index in [1.54, 1.807) is 0 Å². The summed E-state index contributed by atoms with van der Waals surface area (Å²) in [6.07, 6.45) is 0.0420. The number of para-hydroxylation sites is 1. The Morgan fingerprint density at radius 3 is 2.74 bits per heavy atom. The lowest BCUT2D eigenvalue weighted by atomic mass is 10.0. The van der Waals surface area contributed by atoms with E-state index in [1.165, 1.54) is 0 Å². The number of morpholine rings is 1. The van der Waals surface area contributed by atoms with Gasteiger partial charge in [-0.3, -0.25) is 4.90 Å². The third kappa shape index (κ3) is 2.53. The van der Waals surface area contributed by atoms with Gasteiger partial charge in [0, 0.05) is 24.0 Å². The van der Waals surface area contributed by atoms with Crippen LogP contribution in [0.25, 0.3) is 11.0 Å². The third-order valence-corrected chi connectivity index (χ3v) is 3.78. The van der Waals surface area contributed by atoms with E-state index >= 15 is 0 Å². The molecule has 1 aromatic carbocycles. The van der Waals surface area contributed by atoms with Gasteiger partial charge in [0.25, 0.3) is 0 Å². The number of rotatable bonds is 1. The van der Waals surface area contributed by atoms with Gasteiger partial charge in [0.15, 0.2) is 0 Å². The van der Waals surface area contributed by atoms with E-state index < -0.39 is 0 Å². The first-order valence-corrected chi connectivity index (χ1v) is 6.89. The Labute approximate surface area is 114 Å². The molecule has 3 nitrogen and oxygen atoms in total. The topological polar surface area (TPSA) is 25.6 Å². The quantitative estimate of drug-likeness (QED) is 0.782. The lowest BCUT2D eigenvalue weighted by molar-refractivity contribution is -0.0671. The van der Waals surface area contributed by atoms with Gasteiger partial charge in [-0.15, -0.1) is 0 Å². The van der Waals surface area contributed by atoms with Crippen LogP contribution in [-0.2, 0) is 4.74 Å². The first kappa shape index (κ1) is 12.7. The molecule has 102 valence electrons. The molecule has 19 heavy (non-hydrogen) atoms. The number of ether oxygens (including phenoxy) is 1. The normalized spacial score (nSPS) is 21.9. The van der Waals surface area contributed by atoms with Crippen molar-refractivity contribution in [3.05, 3.63) is 36.1 Å². The van der Waals surface area contributed by atoms with E-state index in [2.05, 4.69) is 37.8 Å². The molecule has 0 spiro atoms. The van der Waals surface area contributed by atoms with Gasteiger partial charge >= 0.3 is 0 Å². The van der Waals surface area contributed by atoms with E-state index in [-0.39, 0.29) is 11.6 Å². The minimum Gasteiger partial charge on any atom is -0.458 e. The zero-order valence-electron chi connectivity index (χ0n) is 11.8. The van der Waals surface area contributed by atoms with Crippen molar-refractivity contribution in [3.63, 3.8) is 0 Å². The predicted molar refractivity (Wildman–Crippen MR) is 76.2 cm³/mol. The van der Waals surface area contributed by atoms with Crippen molar-refractivity contribution in [2.45, 2.75) is 32.4 Å².